The van der Waals surface area contributed by atoms with Gasteiger partial charge in [0, 0.05) is 5.56 Å². The minimum Gasteiger partial charge on any atom is -0.264 e. The zero-order valence-corrected chi connectivity index (χ0v) is 11.6. The molecule has 0 radical (unpaired) electrons. The van der Waals surface area contributed by atoms with E-state index in [4.69, 9.17) is 0 Å². The fourth-order valence-electron chi connectivity index (χ4n) is 1.92. The molecule has 1 heteroatoms. The summed E-state index contributed by atoms with van der Waals surface area (Å²) in [4.78, 5) is 4.12. The van der Waals surface area contributed by atoms with Crippen LogP contribution in [0.15, 0.2) is 35.3 Å². The van der Waals surface area contributed by atoms with Crippen LogP contribution < -0.4 is 0 Å². The monoisotopic (exact) mass is 229 g/mol. The van der Waals surface area contributed by atoms with Gasteiger partial charge in [-0.2, -0.15) is 0 Å². The standard InChI is InChI=1S/C16H23N/c1-12(2)11-14(16(3,4)5)13-9-7-8-10-15(13)17-6/h7-12H,6H2,1-5H3/b14-11+. The van der Waals surface area contributed by atoms with E-state index in [0.717, 1.165) is 5.69 Å². The Labute approximate surface area is 105 Å². The Morgan fingerprint density at radius 1 is 1.24 bits per heavy atom. The fraction of sp³-hybridized carbons (Fsp3) is 0.438. The number of hydrogen-bond donors (Lipinski definition) is 0. The third kappa shape index (κ3) is 3.55. The van der Waals surface area contributed by atoms with Crippen molar-refractivity contribution in [3.8, 4) is 0 Å². The minimum absolute atomic E-state index is 0.116. The Morgan fingerprint density at radius 2 is 1.82 bits per heavy atom. The van der Waals surface area contributed by atoms with Crippen LogP contribution in [0.5, 0.6) is 0 Å². The van der Waals surface area contributed by atoms with Gasteiger partial charge in [-0.3, -0.25) is 4.99 Å². The molecular weight excluding hydrogens is 206 g/mol. The molecule has 1 nitrogen and oxygen atoms in total. The van der Waals surface area contributed by atoms with E-state index >= 15 is 0 Å². The van der Waals surface area contributed by atoms with E-state index < -0.39 is 0 Å². The van der Waals surface area contributed by atoms with Gasteiger partial charge in [0.25, 0.3) is 0 Å². The maximum atomic E-state index is 4.12. The van der Waals surface area contributed by atoms with E-state index in [-0.39, 0.29) is 5.41 Å². The predicted molar refractivity (Wildman–Crippen MR) is 77.9 cm³/mol. The first-order chi connectivity index (χ1) is 7.86. The average molecular weight is 229 g/mol. The molecular formula is C16H23N. The van der Waals surface area contributed by atoms with Crippen LogP contribution in [-0.4, -0.2) is 6.72 Å². The van der Waals surface area contributed by atoms with E-state index in [2.05, 4.69) is 64.5 Å². The molecule has 0 aliphatic carbocycles. The summed E-state index contributed by atoms with van der Waals surface area (Å²) in [7, 11) is 0. The van der Waals surface area contributed by atoms with Crippen LogP contribution in [0.3, 0.4) is 0 Å². The summed E-state index contributed by atoms with van der Waals surface area (Å²) in [5, 5.41) is 0. The molecule has 0 bridgehead atoms. The van der Waals surface area contributed by atoms with Gasteiger partial charge in [0.2, 0.25) is 0 Å². The molecule has 0 aliphatic heterocycles. The van der Waals surface area contributed by atoms with Gasteiger partial charge in [-0.05, 0) is 29.7 Å². The van der Waals surface area contributed by atoms with Crippen LogP contribution in [0.4, 0.5) is 5.69 Å². The van der Waals surface area contributed by atoms with Gasteiger partial charge in [-0.15, -0.1) is 0 Å². The average Bonchev–Trinajstić information content (AvgIpc) is 2.24. The van der Waals surface area contributed by atoms with Crippen molar-refractivity contribution in [2.75, 3.05) is 0 Å². The summed E-state index contributed by atoms with van der Waals surface area (Å²) in [6.07, 6.45) is 2.32. The summed E-state index contributed by atoms with van der Waals surface area (Å²) in [6, 6.07) is 8.21. The van der Waals surface area contributed by atoms with E-state index in [0.29, 0.717) is 5.92 Å². The molecule has 0 saturated heterocycles. The molecule has 1 aromatic rings. The Morgan fingerprint density at radius 3 is 2.29 bits per heavy atom. The molecule has 1 rings (SSSR count). The van der Waals surface area contributed by atoms with Crippen LogP contribution in [-0.2, 0) is 0 Å². The SMILES string of the molecule is C=Nc1ccccc1/C(=C\C(C)C)C(C)(C)C. The van der Waals surface area contributed by atoms with Gasteiger partial charge in [0.1, 0.15) is 0 Å². The van der Waals surface area contributed by atoms with E-state index in [1.54, 1.807) is 0 Å². The Kier molecular flexibility index (Phi) is 4.28. The van der Waals surface area contributed by atoms with E-state index in [9.17, 15) is 0 Å². The molecule has 0 fully saturated rings. The van der Waals surface area contributed by atoms with Crippen LogP contribution >= 0.6 is 0 Å². The molecule has 0 heterocycles. The molecule has 1 aromatic carbocycles. The number of aliphatic imine (C=N–C) groups is 1. The lowest BCUT2D eigenvalue weighted by Gasteiger charge is -2.25. The lowest BCUT2D eigenvalue weighted by Crippen LogP contribution is -2.09. The predicted octanol–water partition coefficient (Wildman–Crippen LogP) is 5.10. The topological polar surface area (TPSA) is 12.4 Å². The molecule has 92 valence electrons. The number of hydrogen-bond acceptors (Lipinski definition) is 1. The van der Waals surface area contributed by atoms with Crippen LogP contribution in [0, 0.1) is 11.3 Å². The summed E-state index contributed by atoms with van der Waals surface area (Å²) in [5.41, 5.74) is 3.62. The third-order valence-electron chi connectivity index (χ3n) is 2.67. The summed E-state index contributed by atoms with van der Waals surface area (Å²) >= 11 is 0. The number of nitrogens with zero attached hydrogens (tertiary/aromatic N) is 1. The molecule has 0 N–H and O–H groups in total. The molecule has 0 aromatic heterocycles. The molecule has 0 spiro atoms. The number of para-hydroxylation sites is 1. The largest absolute Gasteiger partial charge is 0.264 e. The molecule has 0 amide bonds. The van der Waals surface area contributed by atoms with Crippen molar-refractivity contribution in [2.45, 2.75) is 34.6 Å². The molecule has 0 atom stereocenters. The summed E-state index contributed by atoms with van der Waals surface area (Å²) in [5.74, 6) is 0.530. The van der Waals surface area contributed by atoms with Crippen LogP contribution in [0.25, 0.3) is 5.57 Å². The second-order valence-electron chi connectivity index (χ2n) is 5.75. The van der Waals surface area contributed by atoms with Crippen molar-refractivity contribution in [1.29, 1.82) is 0 Å². The van der Waals surface area contributed by atoms with Crippen LogP contribution in [0.1, 0.15) is 40.2 Å². The highest BCUT2D eigenvalue weighted by Gasteiger charge is 2.20. The van der Waals surface area contributed by atoms with Crippen molar-refractivity contribution in [1.82, 2.24) is 0 Å². The summed E-state index contributed by atoms with van der Waals surface area (Å²) in [6.45, 7) is 14.8. The number of rotatable bonds is 3. The number of benzene rings is 1. The first-order valence-electron chi connectivity index (χ1n) is 6.14. The lowest BCUT2D eigenvalue weighted by atomic mass is 9.80. The fourth-order valence-corrected chi connectivity index (χ4v) is 1.92. The Balaban J connectivity index is 3.38. The van der Waals surface area contributed by atoms with Gasteiger partial charge < -0.3 is 0 Å². The zero-order valence-electron chi connectivity index (χ0n) is 11.6. The van der Waals surface area contributed by atoms with Crippen molar-refractivity contribution in [3.05, 3.63) is 35.9 Å². The van der Waals surface area contributed by atoms with Gasteiger partial charge in [0.15, 0.2) is 0 Å². The van der Waals surface area contributed by atoms with Gasteiger partial charge >= 0.3 is 0 Å². The first kappa shape index (κ1) is 13.7. The zero-order chi connectivity index (χ0) is 13.1. The second kappa shape index (κ2) is 5.31. The van der Waals surface area contributed by atoms with Gasteiger partial charge in [-0.1, -0.05) is 58.9 Å². The maximum absolute atomic E-state index is 4.12. The van der Waals surface area contributed by atoms with E-state index in [1.165, 1.54) is 11.1 Å². The smallest absolute Gasteiger partial charge is 0.0697 e. The molecule has 0 saturated carbocycles. The highest BCUT2D eigenvalue weighted by atomic mass is 14.7. The highest BCUT2D eigenvalue weighted by molar-refractivity contribution is 5.78. The first-order valence-corrected chi connectivity index (χ1v) is 6.14. The van der Waals surface area contributed by atoms with Crippen molar-refractivity contribution < 1.29 is 0 Å². The third-order valence-corrected chi connectivity index (χ3v) is 2.67. The molecule has 0 aliphatic rings. The lowest BCUT2D eigenvalue weighted by molar-refractivity contribution is 0.562. The van der Waals surface area contributed by atoms with Crippen molar-refractivity contribution >= 4 is 18.0 Å². The Bertz CT molecular complexity index is 419. The summed E-state index contributed by atoms with van der Waals surface area (Å²) < 4.78 is 0. The normalized spacial score (nSPS) is 12.9. The van der Waals surface area contributed by atoms with Gasteiger partial charge in [0.05, 0.1) is 5.69 Å². The molecule has 0 unspecified atom stereocenters. The van der Waals surface area contributed by atoms with E-state index in [1.807, 2.05) is 12.1 Å². The molecule has 17 heavy (non-hydrogen) atoms. The van der Waals surface area contributed by atoms with Crippen molar-refractivity contribution in [2.24, 2.45) is 16.3 Å². The second-order valence-corrected chi connectivity index (χ2v) is 5.75. The quantitative estimate of drug-likeness (QED) is 0.639. The van der Waals surface area contributed by atoms with Crippen LogP contribution in [0.2, 0.25) is 0 Å². The number of allylic oxidation sites excluding steroid dienone is 2. The van der Waals surface area contributed by atoms with Crippen molar-refractivity contribution in [3.63, 3.8) is 0 Å². The highest BCUT2D eigenvalue weighted by Crippen LogP contribution is 2.39. The minimum atomic E-state index is 0.116. The maximum Gasteiger partial charge on any atom is 0.0697 e. The Hall–Kier alpha value is -1.37. The van der Waals surface area contributed by atoms with Gasteiger partial charge in [-0.25, -0.2) is 0 Å².